The van der Waals surface area contributed by atoms with Crippen molar-refractivity contribution in [1.82, 2.24) is 0 Å². The fourth-order valence-corrected chi connectivity index (χ4v) is 6.54. The summed E-state index contributed by atoms with van der Waals surface area (Å²) in [6, 6.07) is 38.6. The SMILES string of the molecule is CC1(C)c2ccccc2-c2ccc3ccc(N(N)c4ccc5ccc6c7ccccc7oc6c5c4)cc3c21. The van der Waals surface area contributed by atoms with Gasteiger partial charge in [-0.05, 0) is 74.8 Å². The molecule has 1 aliphatic carbocycles. The number of hydrazine groups is 1. The molecule has 0 saturated carbocycles. The zero-order valence-electron chi connectivity index (χ0n) is 21.3. The third-order valence-electron chi connectivity index (χ3n) is 8.42. The van der Waals surface area contributed by atoms with Gasteiger partial charge in [-0.25, -0.2) is 5.84 Å². The number of fused-ring (bicyclic) bond motifs is 10. The maximum atomic E-state index is 6.82. The Labute approximate surface area is 220 Å². The summed E-state index contributed by atoms with van der Waals surface area (Å²) in [6.45, 7) is 4.65. The Morgan fingerprint density at radius 2 is 1.26 bits per heavy atom. The van der Waals surface area contributed by atoms with Crippen molar-refractivity contribution in [1.29, 1.82) is 0 Å². The van der Waals surface area contributed by atoms with Crippen LogP contribution in [-0.4, -0.2) is 0 Å². The predicted molar refractivity (Wildman–Crippen MR) is 159 cm³/mol. The van der Waals surface area contributed by atoms with Crippen molar-refractivity contribution in [3.63, 3.8) is 0 Å². The van der Waals surface area contributed by atoms with E-state index in [0.29, 0.717) is 0 Å². The maximum Gasteiger partial charge on any atom is 0.143 e. The van der Waals surface area contributed by atoms with Crippen LogP contribution in [0.15, 0.2) is 114 Å². The first-order valence-electron chi connectivity index (χ1n) is 13.1. The van der Waals surface area contributed by atoms with Crippen LogP contribution in [0.4, 0.5) is 11.4 Å². The Hall–Kier alpha value is -4.60. The minimum absolute atomic E-state index is 0.0840. The lowest BCUT2D eigenvalue weighted by Crippen LogP contribution is -2.25. The Balaban J connectivity index is 1.29. The van der Waals surface area contributed by atoms with Gasteiger partial charge in [0.25, 0.3) is 0 Å². The van der Waals surface area contributed by atoms with E-state index in [-0.39, 0.29) is 5.41 Å². The normalized spacial score (nSPS) is 13.9. The van der Waals surface area contributed by atoms with E-state index < -0.39 is 0 Å². The van der Waals surface area contributed by atoms with Crippen LogP contribution in [0.25, 0.3) is 54.6 Å². The van der Waals surface area contributed by atoms with Gasteiger partial charge in [0.05, 0.1) is 11.4 Å². The summed E-state index contributed by atoms with van der Waals surface area (Å²) in [5.41, 5.74) is 8.97. The molecule has 3 heteroatoms. The first kappa shape index (κ1) is 21.5. The molecule has 7 aromatic rings. The minimum Gasteiger partial charge on any atom is -0.455 e. The van der Waals surface area contributed by atoms with Crippen LogP contribution in [0.5, 0.6) is 0 Å². The van der Waals surface area contributed by atoms with E-state index in [4.69, 9.17) is 10.3 Å². The number of nitrogens with zero attached hydrogens (tertiary/aromatic N) is 1. The average molecular weight is 491 g/mol. The molecular weight excluding hydrogens is 464 g/mol. The summed E-state index contributed by atoms with van der Waals surface area (Å²) in [6.07, 6.45) is 0. The third-order valence-corrected chi connectivity index (χ3v) is 8.42. The molecule has 0 bridgehead atoms. The van der Waals surface area contributed by atoms with Crippen LogP contribution in [-0.2, 0) is 5.41 Å². The summed E-state index contributed by atoms with van der Waals surface area (Å²) in [4.78, 5) is 0. The van der Waals surface area contributed by atoms with Crippen molar-refractivity contribution >= 4 is 54.9 Å². The maximum absolute atomic E-state index is 6.82. The number of hydrogen-bond donors (Lipinski definition) is 1. The van der Waals surface area contributed by atoms with E-state index in [1.165, 1.54) is 33.0 Å². The smallest absolute Gasteiger partial charge is 0.143 e. The molecule has 3 nitrogen and oxygen atoms in total. The molecule has 0 atom stereocenters. The molecule has 0 amide bonds. The van der Waals surface area contributed by atoms with E-state index in [1.807, 2.05) is 12.1 Å². The Bertz CT molecular complexity index is 2080. The molecule has 8 rings (SSSR count). The quantitative estimate of drug-likeness (QED) is 0.194. The molecular formula is C35H26N2O. The first-order valence-corrected chi connectivity index (χ1v) is 13.1. The second-order valence-corrected chi connectivity index (χ2v) is 10.9. The van der Waals surface area contributed by atoms with E-state index >= 15 is 0 Å². The lowest BCUT2D eigenvalue weighted by molar-refractivity contribution is 0.666. The Morgan fingerprint density at radius 1 is 0.605 bits per heavy atom. The largest absolute Gasteiger partial charge is 0.455 e. The second-order valence-electron chi connectivity index (χ2n) is 10.9. The van der Waals surface area contributed by atoms with Crippen LogP contribution < -0.4 is 10.9 Å². The van der Waals surface area contributed by atoms with E-state index in [1.54, 1.807) is 5.01 Å². The number of rotatable bonds is 2. The molecule has 0 radical (unpaired) electrons. The van der Waals surface area contributed by atoms with Crippen molar-refractivity contribution in [3.05, 3.63) is 120 Å². The second kappa shape index (κ2) is 7.47. The fraction of sp³-hybridized carbons (Fsp3) is 0.0857. The highest BCUT2D eigenvalue weighted by atomic mass is 16.3. The zero-order chi connectivity index (χ0) is 25.6. The van der Waals surface area contributed by atoms with Crippen LogP contribution >= 0.6 is 0 Å². The van der Waals surface area contributed by atoms with Gasteiger partial charge in [0.2, 0.25) is 0 Å². The van der Waals surface area contributed by atoms with E-state index in [2.05, 4.69) is 111 Å². The summed E-state index contributed by atoms with van der Waals surface area (Å²) in [5.74, 6) is 6.82. The topological polar surface area (TPSA) is 42.4 Å². The minimum atomic E-state index is -0.0840. The van der Waals surface area contributed by atoms with Gasteiger partial charge >= 0.3 is 0 Å². The summed E-state index contributed by atoms with van der Waals surface area (Å²) >= 11 is 0. The van der Waals surface area contributed by atoms with Crippen molar-refractivity contribution in [2.45, 2.75) is 19.3 Å². The number of nitrogens with two attached hydrogens (primary N) is 1. The number of hydrogen-bond acceptors (Lipinski definition) is 3. The molecule has 0 fully saturated rings. The van der Waals surface area contributed by atoms with Gasteiger partial charge in [0.15, 0.2) is 0 Å². The van der Waals surface area contributed by atoms with Gasteiger partial charge in [0, 0.05) is 21.6 Å². The van der Waals surface area contributed by atoms with Gasteiger partial charge in [-0.2, -0.15) is 0 Å². The van der Waals surface area contributed by atoms with E-state index in [9.17, 15) is 0 Å². The monoisotopic (exact) mass is 490 g/mol. The molecule has 0 unspecified atom stereocenters. The van der Waals surface area contributed by atoms with Crippen LogP contribution in [0.3, 0.4) is 0 Å². The average Bonchev–Trinajstić information content (AvgIpc) is 3.45. The Kier molecular flexibility index (Phi) is 4.22. The van der Waals surface area contributed by atoms with E-state index in [0.717, 1.165) is 44.1 Å². The van der Waals surface area contributed by atoms with Crippen LogP contribution in [0.2, 0.25) is 0 Å². The highest BCUT2D eigenvalue weighted by Gasteiger charge is 2.36. The van der Waals surface area contributed by atoms with Crippen molar-refractivity contribution in [2.24, 2.45) is 5.84 Å². The van der Waals surface area contributed by atoms with Crippen molar-refractivity contribution < 1.29 is 4.42 Å². The van der Waals surface area contributed by atoms with Crippen molar-refractivity contribution in [3.8, 4) is 11.1 Å². The van der Waals surface area contributed by atoms with Crippen LogP contribution in [0, 0.1) is 0 Å². The molecule has 0 aliphatic heterocycles. The molecule has 1 aromatic heterocycles. The third kappa shape index (κ3) is 2.82. The number of anilines is 2. The van der Waals surface area contributed by atoms with Crippen LogP contribution in [0.1, 0.15) is 25.0 Å². The zero-order valence-corrected chi connectivity index (χ0v) is 21.3. The summed E-state index contributed by atoms with van der Waals surface area (Å²) < 4.78 is 6.31. The molecule has 1 heterocycles. The molecule has 2 N–H and O–H groups in total. The molecule has 0 spiro atoms. The molecule has 6 aromatic carbocycles. The summed E-state index contributed by atoms with van der Waals surface area (Å²) in [5, 5.41) is 8.70. The van der Waals surface area contributed by atoms with Crippen molar-refractivity contribution in [2.75, 3.05) is 5.01 Å². The Morgan fingerprint density at radius 3 is 2.11 bits per heavy atom. The molecule has 0 saturated heterocycles. The van der Waals surface area contributed by atoms with Gasteiger partial charge in [-0.15, -0.1) is 0 Å². The molecule has 182 valence electrons. The number of para-hydroxylation sites is 1. The van der Waals surface area contributed by atoms with Gasteiger partial charge in [-0.3, -0.25) is 5.01 Å². The first-order chi connectivity index (χ1) is 18.5. The molecule has 38 heavy (non-hydrogen) atoms. The van der Waals surface area contributed by atoms with Gasteiger partial charge in [0.1, 0.15) is 11.2 Å². The lowest BCUT2D eigenvalue weighted by atomic mass is 9.80. The van der Waals surface area contributed by atoms with Gasteiger partial charge in [-0.1, -0.05) is 86.6 Å². The lowest BCUT2D eigenvalue weighted by Gasteiger charge is -2.25. The predicted octanol–water partition coefficient (Wildman–Crippen LogP) is 9.21. The number of benzene rings is 6. The fourth-order valence-electron chi connectivity index (χ4n) is 6.54. The van der Waals surface area contributed by atoms with Gasteiger partial charge < -0.3 is 4.42 Å². The standard InChI is InChI=1S/C35H26N2O/c1-35(2)31-9-5-3-7-25(31)27-17-13-21-11-15-23(19-29(21)33(27)35)37(36)24-16-12-22-14-18-28-26-8-4-6-10-32(26)38-34(28)30(22)20-24/h3-20H,36H2,1-2H3. The highest BCUT2D eigenvalue weighted by Crippen LogP contribution is 2.51. The molecule has 1 aliphatic rings. The summed E-state index contributed by atoms with van der Waals surface area (Å²) in [7, 11) is 0. The number of furan rings is 1. The highest BCUT2D eigenvalue weighted by molar-refractivity contribution is 6.15.